The van der Waals surface area contributed by atoms with Crippen molar-refractivity contribution in [3.05, 3.63) is 58.1 Å². The number of carbonyl (C=O) groups excluding carboxylic acids is 2. The zero-order valence-corrected chi connectivity index (χ0v) is 21.9. The number of sulfonamides is 1. The number of methoxy groups -OCH3 is 1. The molecule has 0 aliphatic carbocycles. The number of halogens is 2. The zero-order chi connectivity index (χ0) is 25.5. The molecule has 11 heteroatoms. The average molecular weight is 530 g/mol. The number of carbonyl (C=O) groups is 2. The van der Waals surface area contributed by atoms with E-state index in [0.29, 0.717) is 12.3 Å². The van der Waals surface area contributed by atoms with Crippen molar-refractivity contribution in [2.24, 2.45) is 0 Å². The second kappa shape index (κ2) is 12.3. The summed E-state index contributed by atoms with van der Waals surface area (Å²) in [7, 11) is -2.35. The summed E-state index contributed by atoms with van der Waals surface area (Å²) < 4.78 is 31.3. The molecule has 1 N–H and O–H groups in total. The van der Waals surface area contributed by atoms with E-state index in [1.807, 2.05) is 6.92 Å². The summed E-state index contributed by atoms with van der Waals surface area (Å²) in [5, 5.41) is 3.23. The fourth-order valence-corrected chi connectivity index (χ4v) is 4.59. The van der Waals surface area contributed by atoms with E-state index in [4.69, 9.17) is 27.9 Å². The van der Waals surface area contributed by atoms with Crippen LogP contribution in [0.1, 0.15) is 25.8 Å². The first kappa shape index (κ1) is 27.8. The summed E-state index contributed by atoms with van der Waals surface area (Å²) in [6, 6.07) is 10.5. The molecule has 2 aromatic rings. The number of nitrogens with zero attached hydrogens (tertiary/aromatic N) is 2. The molecule has 0 unspecified atom stereocenters. The minimum Gasteiger partial charge on any atom is -0.497 e. The van der Waals surface area contributed by atoms with Crippen LogP contribution >= 0.6 is 23.2 Å². The van der Waals surface area contributed by atoms with E-state index in [9.17, 15) is 18.0 Å². The van der Waals surface area contributed by atoms with Crippen LogP contribution in [0.15, 0.2) is 42.5 Å². The van der Waals surface area contributed by atoms with Crippen LogP contribution in [0.4, 0.5) is 5.69 Å². The average Bonchev–Trinajstić information content (AvgIpc) is 2.77. The molecule has 0 saturated carbocycles. The normalized spacial score (nSPS) is 12.1. The van der Waals surface area contributed by atoms with Gasteiger partial charge in [0.05, 0.1) is 19.1 Å². The Morgan fingerprint density at radius 2 is 1.76 bits per heavy atom. The summed E-state index contributed by atoms with van der Waals surface area (Å²) in [5.41, 5.74) is 0.873. The van der Waals surface area contributed by atoms with Crippen LogP contribution in [0, 0.1) is 0 Å². The molecule has 8 nitrogen and oxygen atoms in total. The SMILES string of the molecule is CCCNC(=O)[C@H](C)N(Cc1cccc(OC)c1)C(=O)CN(c1cc(Cl)cc(Cl)c1)S(C)(=O)=O. The van der Waals surface area contributed by atoms with Crippen molar-refractivity contribution in [3.63, 3.8) is 0 Å². The molecule has 0 radical (unpaired) electrons. The topological polar surface area (TPSA) is 96.0 Å². The molecule has 2 amide bonds. The number of amides is 2. The monoisotopic (exact) mass is 529 g/mol. The molecular weight excluding hydrogens is 501 g/mol. The number of anilines is 1. The van der Waals surface area contributed by atoms with E-state index >= 15 is 0 Å². The van der Waals surface area contributed by atoms with Gasteiger partial charge in [0.2, 0.25) is 21.8 Å². The van der Waals surface area contributed by atoms with Crippen molar-refractivity contribution in [2.45, 2.75) is 32.9 Å². The van der Waals surface area contributed by atoms with Gasteiger partial charge in [-0.15, -0.1) is 0 Å². The number of rotatable bonds is 11. The van der Waals surface area contributed by atoms with E-state index < -0.39 is 28.5 Å². The third-order valence-corrected chi connectivity index (χ3v) is 6.60. The van der Waals surface area contributed by atoms with Crippen molar-refractivity contribution in [2.75, 3.05) is 30.8 Å². The van der Waals surface area contributed by atoms with Crippen LogP contribution in [0.2, 0.25) is 10.0 Å². The summed E-state index contributed by atoms with van der Waals surface area (Å²) in [4.78, 5) is 27.5. The Morgan fingerprint density at radius 1 is 1.12 bits per heavy atom. The third-order valence-electron chi connectivity index (χ3n) is 5.02. The van der Waals surface area contributed by atoms with E-state index in [1.54, 1.807) is 31.2 Å². The predicted octanol–water partition coefficient (Wildman–Crippen LogP) is 3.71. The van der Waals surface area contributed by atoms with E-state index in [-0.39, 0.29) is 28.2 Å². The van der Waals surface area contributed by atoms with Gasteiger partial charge in [-0.2, -0.15) is 0 Å². The van der Waals surface area contributed by atoms with E-state index in [1.165, 1.54) is 30.2 Å². The molecule has 186 valence electrons. The molecule has 0 aliphatic rings. The number of nitrogens with one attached hydrogen (secondary N) is 1. The molecule has 2 rings (SSSR count). The Balaban J connectivity index is 2.41. The molecule has 0 bridgehead atoms. The highest BCUT2D eigenvalue weighted by molar-refractivity contribution is 7.92. The second-order valence-corrected chi connectivity index (χ2v) is 10.5. The van der Waals surface area contributed by atoms with Crippen LogP contribution < -0.4 is 14.4 Å². The molecule has 0 heterocycles. The van der Waals surface area contributed by atoms with Crippen LogP contribution in [0.25, 0.3) is 0 Å². The Bertz CT molecular complexity index is 1110. The second-order valence-electron chi connectivity index (χ2n) is 7.74. The number of hydrogen-bond acceptors (Lipinski definition) is 5. The first-order chi connectivity index (χ1) is 16.0. The van der Waals surface area contributed by atoms with E-state index in [0.717, 1.165) is 22.5 Å². The van der Waals surface area contributed by atoms with Gasteiger partial charge < -0.3 is 15.0 Å². The van der Waals surface area contributed by atoms with Crippen molar-refractivity contribution in [1.82, 2.24) is 10.2 Å². The van der Waals surface area contributed by atoms with Gasteiger partial charge in [0.15, 0.2) is 0 Å². The maximum Gasteiger partial charge on any atom is 0.244 e. The van der Waals surface area contributed by atoms with Crippen molar-refractivity contribution in [1.29, 1.82) is 0 Å². The van der Waals surface area contributed by atoms with Gasteiger partial charge in [0.1, 0.15) is 18.3 Å². The van der Waals surface area contributed by atoms with Gasteiger partial charge in [-0.3, -0.25) is 13.9 Å². The Hall–Kier alpha value is -2.49. The van der Waals surface area contributed by atoms with Gasteiger partial charge in [0, 0.05) is 23.1 Å². The molecule has 0 aromatic heterocycles. The van der Waals surface area contributed by atoms with Gasteiger partial charge in [0.25, 0.3) is 0 Å². The lowest BCUT2D eigenvalue weighted by atomic mass is 10.1. The molecular formula is C23H29Cl2N3O5S. The van der Waals surface area contributed by atoms with Crippen molar-refractivity contribution in [3.8, 4) is 5.75 Å². The molecule has 34 heavy (non-hydrogen) atoms. The lowest BCUT2D eigenvalue weighted by Crippen LogP contribution is -2.51. The van der Waals surface area contributed by atoms with Gasteiger partial charge in [-0.25, -0.2) is 8.42 Å². The highest BCUT2D eigenvalue weighted by Crippen LogP contribution is 2.27. The molecule has 1 atom stereocenters. The smallest absolute Gasteiger partial charge is 0.244 e. The first-order valence-corrected chi connectivity index (χ1v) is 13.2. The first-order valence-electron chi connectivity index (χ1n) is 10.6. The van der Waals surface area contributed by atoms with Gasteiger partial charge >= 0.3 is 0 Å². The summed E-state index contributed by atoms with van der Waals surface area (Å²) in [5.74, 6) is -0.308. The minimum absolute atomic E-state index is 0.0741. The number of ether oxygens (including phenoxy) is 1. The quantitative estimate of drug-likeness (QED) is 0.478. The maximum atomic E-state index is 13.5. The molecule has 0 fully saturated rings. The van der Waals surface area contributed by atoms with Crippen molar-refractivity contribution < 1.29 is 22.7 Å². The van der Waals surface area contributed by atoms with Crippen molar-refractivity contribution >= 4 is 50.7 Å². The zero-order valence-electron chi connectivity index (χ0n) is 19.5. The van der Waals surface area contributed by atoms with E-state index in [2.05, 4.69) is 5.32 Å². The molecule has 2 aromatic carbocycles. The van der Waals surface area contributed by atoms with Crippen LogP contribution in [-0.4, -0.2) is 57.6 Å². The summed E-state index contributed by atoms with van der Waals surface area (Å²) in [6.07, 6.45) is 1.72. The Morgan fingerprint density at radius 3 is 2.32 bits per heavy atom. The maximum absolute atomic E-state index is 13.5. The van der Waals surface area contributed by atoms with Gasteiger partial charge in [-0.1, -0.05) is 42.3 Å². The fraction of sp³-hybridized carbons (Fsp3) is 0.391. The summed E-state index contributed by atoms with van der Waals surface area (Å²) >= 11 is 12.1. The molecule has 0 spiro atoms. The van der Waals surface area contributed by atoms with Gasteiger partial charge in [-0.05, 0) is 49.2 Å². The Kier molecular flexibility index (Phi) is 10.0. The van der Waals surface area contributed by atoms with Crippen LogP contribution in [-0.2, 0) is 26.2 Å². The van der Waals surface area contributed by atoms with Crippen LogP contribution in [0.3, 0.4) is 0 Å². The highest BCUT2D eigenvalue weighted by Gasteiger charge is 2.30. The lowest BCUT2D eigenvalue weighted by Gasteiger charge is -2.31. The summed E-state index contributed by atoms with van der Waals surface area (Å²) in [6.45, 7) is 3.52. The number of hydrogen-bond donors (Lipinski definition) is 1. The molecule has 0 saturated heterocycles. The minimum atomic E-state index is -3.88. The number of benzene rings is 2. The standard InChI is InChI=1S/C23H29Cl2N3O5S/c1-5-9-26-23(30)16(2)27(14-17-7-6-8-21(10-17)33-3)22(29)15-28(34(4,31)32)20-12-18(24)11-19(25)13-20/h6-8,10-13,16H,5,9,14-15H2,1-4H3,(H,26,30)/t16-/m0/s1. The highest BCUT2D eigenvalue weighted by atomic mass is 35.5. The Labute approximate surface area is 210 Å². The largest absolute Gasteiger partial charge is 0.497 e. The third kappa shape index (κ3) is 7.78. The molecule has 0 aliphatic heterocycles. The van der Waals surface area contributed by atoms with Crippen LogP contribution in [0.5, 0.6) is 5.75 Å². The fourth-order valence-electron chi connectivity index (χ4n) is 3.24. The predicted molar refractivity (Wildman–Crippen MR) is 135 cm³/mol. The lowest BCUT2D eigenvalue weighted by molar-refractivity contribution is -0.139.